The zero-order chi connectivity index (χ0) is 16.6. The minimum atomic E-state index is -0.231. The molecule has 2 amide bonds. The number of nitrogens with one attached hydrogen (secondary N) is 2. The number of nitrogens with zero attached hydrogens (tertiary/aromatic N) is 2. The van der Waals surface area contributed by atoms with Crippen molar-refractivity contribution in [3.63, 3.8) is 0 Å². The Hall–Kier alpha value is -0.800. The van der Waals surface area contributed by atoms with E-state index in [2.05, 4.69) is 20.8 Å². The van der Waals surface area contributed by atoms with Gasteiger partial charge >= 0.3 is 0 Å². The van der Waals surface area contributed by atoms with Crippen molar-refractivity contribution in [1.82, 2.24) is 20.8 Å². The molecule has 2 N–H and O–H groups in total. The van der Waals surface area contributed by atoms with Crippen molar-refractivity contribution in [1.29, 1.82) is 0 Å². The minimum absolute atomic E-state index is 0.000748. The van der Waals surface area contributed by atoms with Gasteiger partial charge in [-0.2, -0.15) is 0 Å². The summed E-state index contributed by atoms with van der Waals surface area (Å²) in [6, 6.07) is 0. The maximum absolute atomic E-state index is 11.7. The zero-order valence-electron chi connectivity index (χ0n) is 13.3. The molecule has 0 saturated heterocycles. The molecule has 124 valence electrons. The Morgan fingerprint density at radius 2 is 1.64 bits per heavy atom. The zero-order valence-corrected chi connectivity index (χ0v) is 15.7. The van der Waals surface area contributed by atoms with E-state index in [9.17, 15) is 9.59 Å². The summed E-state index contributed by atoms with van der Waals surface area (Å²) in [5.41, 5.74) is -0.231. The highest BCUT2D eigenvalue weighted by molar-refractivity contribution is 8.03. The molecule has 1 heterocycles. The molecule has 1 aromatic rings. The first-order valence-corrected chi connectivity index (χ1v) is 9.75. The number of rotatable bonds is 8. The summed E-state index contributed by atoms with van der Waals surface area (Å²) in [7, 11) is 0. The third-order valence-electron chi connectivity index (χ3n) is 2.13. The van der Waals surface area contributed by atoms with Gasteiger partial charge in [-0.25, -0.2) is 0 Å². The Morgan fingerprint density at radius 3 is 2.14 bits per heavy atom. The lowest BCUT2D eigenvalue weighted by Gasteiger charge is -2.19. The standard InChI is InChI=1S/C13H22N4O2S3/c1-5-6-14-9(18)7-20-11-16-17-12(22-11)21-8-10(19)15-13(2,3)4/h5-8H2,1-4H3,(H,14,18)(H,15,19). The van der Waals surface area contributed by atoms with Crippen molar-refractivity contribution in [2.45, 2.75) is 48.3 Å². The van der Waals surface area contributed by atoms with E-state index in [0.29, 0.717) is 18.1 Å². The molecule has 0 fully saturated rings. The largest absolute Gasteiger partial charge is 0.355 e. The normalized spacial score (nSPS) is 11.3. The maximum atomic E-state index is 11.7. The molecule has 0 radical (unpaired) electrons. The monoisotopic (exact) mass is 362 g/mol. The summed E-state index contributed by atoms with van der Waals surface area (Å²) in [6.45, 7) is 8.54. The Balaban J connectivity index is 2.32. The summed E-state index contributed by atoms with van der Waals surface area (Å²) in [6.07, 6.45) is 0.923. The van der Waals surface area contributed by atoms with Crippen molar-refractivity contribution >= 4 is 46.7 Å². The predicted octanol–water partition coefficient (Wildman–Crippen LogP) is 2.16. The Kier molecular flexibility index (Phi) is 8.19. The first-order valence-electron chi connectivity index (χ1n) is 6.97. The first-order chi connectivity index (χ1) is 10.3. The molecular formula is C13H22N4O2S3. The number of carbonyl (C=O) groups is 2. The molecule has 6 nitrogen and oxygen atoms in total. The molecule has 0 spiro atoms. The minimum Gasteiger partial charge on any atom is -0.355 e. The highest BCUT2D eigenvalue weighted by atomic mass is 32.2. The van der Waals surface area contributed by atoms with Crippen molar-refractivity contribution < 1.29 is 9.59 Å². The van der Waals surface area contributed by atoms with E-state index in [1.54, 1.807) is 0 Å². The fourth-order valence-electron chi connectivity index (χ4n) is 1.34. The van der Waals surface area contributed by atoms with Crippen LogP contribution in [-0.4, -0.2) is 45.6 Å². The highest BCUT2D eigenvalue weighted by Gasteiger charge is 2.15. The summed E-state index contributed by atoms with van der Waals surface area (Å²) in [5.74, 6) is 0.624. The fraction of sp³-hybridized carbons (Fsp3) is 0.692. The van der Waals surface area contributed by atoms with Gasteiger partial charge in [0.2, 0.25) is 11.8 Å². The smallest absolute Gasteiger partial charge is 0.230 e. The summed E-state index contributed by atoms with van der Waals surface area (Å²) in [4.78, 5) is 23.2. The van der Waals surface area contributed by atoms with Crippen LogP contribution in [0.1, 0.15) is 34.1 Å². The Labute approximate surface area is 143 Å². The van der Waals surface area contributed by atoms with E-state index >= 15 is 0 Å². The quantitative estimate of drug-likeness (QED) is 0.690. The van der Waals surface area contributed by atoms with Crippen LogP contribution in [0.5, 0.6) is 0 Å². The number of hydrogen-bond donors (Lipinski definition) is 2. The van der Waals surface area contributed by atoms with Crippen LogP contribution in [0.15, 0.2) is 8.68 Å². The topological polar surface area (TPSA) is 84.0 Å². The molecule has 0 aliphatic heterocycles. The first kappa shape index (κ1) is 19.2. The highest BCUT2D eigenvalue weighted by Crippen LogP contribution is 2.28. The summed E-state index contributed by atoms with van der Waals surface area (Å²) in [5, 5.41) is 13.7. The van der Waals surface area contributed by atoms with E-state index in [-0.39, 0.29) is 17.4 Å². The van der Waals surface area contributed by atoms with Crippen LogP contribution < -0.4 is 10.6 Å². The second kappa shape index (κ2) is 9.36. The van der Waals surface area contributed by atoms with Crippen molar-refractivity contribution in [2.75, 3.05) is 18.1 Å². The van der Waals surface area contributed by atoms with Crippen LogP contribution in [0, 0.1) is 0 Å². The van der Waals surface area contributed by atoms with Crippen LogP contribution in [0.3, 0.4) is 0 Å². The predicted molar refractivity (Wildman–Crippen MR) is 92.6 cm³/mol. The molecule has 0 aliphatic rings. The number of thioether (sulfide) groups is 2. The van der Waals surface area contributed by atoms with Gasteiger partial charge in [0, 0.05) is 12.1 Å². The summed E-state index contributed by atoms with van der Waals surface area (Å²) >= 11 is 4.12. The van der Waals surface area contributed by atoms with E-state index in [1.165, 1.54) is 34.9 Å². The lowest BCUT2D eigenvalue weighted by Crippen LogP contribution is -2.41. The second-order valence-corrected chi connectivity index (χ2v) is 8.98. The van der Waals surface area contributed by atoms with Crippen molar-refractivity contribution in [2.24, 2.45) is 0 Å². The number of aromatic nitrogens is 2. The second-order valence-electron chi connectivity index (χ2n) is 5.56. The summed E-state index contributed by atoms with van der Waals surface area (Å²) < 4.78 is 1.48. The Morgan fingerprint density at radius 1 is 1.09 bits per heavy atom. The third kappa shape index (κ3) is 8.60. The molecule has 0 saturated carbocycles. The SMILES string of the molecule is CCCNC(=O)CSc1nnc(SCC(=O)NC(C)(C)C)s1. The molecule has 0 bridgehead atoms. The van der Waals surface area contributed by atoms with Crippen LogP contribution in [0.2, 0.25) is 0 Å². The lowest BCUT2D eigenvalue weighted by atomic mass is 10.1. The van der Waals surface area contributed by atoms with Crippen LogP contribution in [0.4, 0.5) is 0 Å². The number of amides is 2. The molecule has 1 rings (SSSR count). The third-order valence-corrected chi connectivity index (χ3v) is 5.32. The van der Waals surface area contributed by atoms with Gasteiger partial charge in [-0.05, 0) is 27.2 Å². The number of carbonyl (C=O) groups excluding carboxylic acids is 2. The van der Waals surface area contributed by atoms with Gasteiger partial charge in [0.05, 0.1) is 11.5 Å². The van der Waals surface area contributed by atoms with Gasteiger partial charge in [0.25, 0.3) is 0 Å². The Bertz CT molecular complexity index is 500. The van der Waals surface area contributed by atoms with Crippen molar-refractivity contribution in [3.05, 3.63) is 0 Å². The average Bonchev–Trinajstić information content (AvgIpc) is 2.86. The van der Waals surface area contributed by atoms with Gasteiger partial charge in [-0.1, -0.05) is 41.8 Å². The van der Waals surface area contributed by atoms with E-state index in [1.807, 2.05) is 27.7 Å². The van der Waals surface area contributed by atoms with Gasteiger partial charge < -0.3 is 10.6 Å². The van der Waals surface area contributed by atoms with Gasteiger partial charge in [-0.15, -0.1) is 10.2 Å². The maximum Gasteiger partial charge on any atom is 0.230 e. The van der Waals surface area contributed by atoms with E-state index < -0.39 is 0 Å². The molecule has 0 unspecified atom stereocenters. The molecule has 0 aromatic carbocycles. The molecule has 0 atom stereocenters. The number of hydrogen-bond acceptors (Lipinski definition) is 7. The van der Waals surface area contributed by atoms with Gasteiger partial charge in [0.15, 0.2) is 8.68 Å². The molecule has 22 heavy (non-hydrogen) atoms. The van der Waals surface area contributed by atoms with Crippen LogP contribution in [0.25, 0.3) is 0 Å². The van der Waals surface area contributed by atoms with Gasteiger partial charge in [0.1, 0.15) is 0 Å². The lowest BCUT2D eigenvalue weighted by molar-refractivity contribution is -0.120. The van der Waals surface area contributed by atoms with Crippen molar-refractivity contribution in [3.8, 4) is 0 Å². The van der Waals surface area contributed by atoms with E-state index in [0.717, 1.165) is 15.1 Å². The van der Waals surface area contributed by atoms with Gasteiger partial charge in [-0.3, -0.25) is 9.59 Å². The van der Waals surface area contributed by atoms with Crippen LogP contribution in [-0.2, 0) is 9.59 Å². The fourth-order valence-corrected chi connectivity index (χ4v) is 3.99. The van der Waals surface area contributed by atoms with Crippen LogP contribution >= 0.6 is 34.9 Å². The molecular weight excluding hydrogens is 340 g/mol. The molecule has 0 aliphatic carbocycles. The molecule has 9 heteroatoms. The molecule has 1 aromatic heterocycles. The average molecular weight is 363 g/mol. The van der Waals surface area contributed by atoms with E-state index in [4.69, 9.17) is 0 Å².